The number of aromatic nitrogens is 1. The largest absolute Gasteiger partial charge is 0.390 e. The van der Waals surface area contributed by atoms with E-state index >= 15 is 0 Å². The van der Waals surface area contributed by atoms with Crippen LogP contribution in [0.3, 0.4) is 0 Å². The average molecular weight is 288 g/mol. The van der Waals surface area contributed by atoms with Crippen LogP contribution in [-0.4, -0.2) is 49.1 Å². The first-order valence-corrected chi connectivity index (χ1v) is 7.84. The summed E-state index contributed by atoms with van der Waals surface area (Å²) in [7, 11) is -1.96. The van der Waals surface area contributed by atoms with Gasteiger partial charge in [-0.3, -0.25) is 0 Å². The summed E-state index contributed by atoms with van der Waals surface area (Å²) >= 11 is 0. The molecule has 1 atom stereocenters. The normalized spacial score (nSPS) is 20.9. The summed E-state index contributed by atoms with van der Waals surface area (Å²) < 4.78 is 31.5. The third kappa shape index (κ3) is 3.36. The van der Waals surface area contributed by atoms with Crippen LogP contribution in [0.4, 0.5) is 0 Å². The first kappa shape index (κ1) is 14.5. The maximum Gasteiger partial charge on any atom is 0.244 e. The van der Waals surface area contributed by atoms with Gasteiger partial charge in [-0.05, 0) is 25.3 Å². The van der Waals surface area contributed by atoms with Gasteiger partial charge in [0.1, 0.15) is 0 Å². The third-order valence-electron chi connectivity index (χ3n) is 3.33. The highest BCUT2D eigenvalue weighted by Crippen LogP contribution is 2.19. The quantitative estimate of drug-likeness (QED) is 0.835. The molecule has 2 rings (SSSR count). The molecule has 0 spiro atoms. The Balaban J connectivity index is 2.05. The Bertz CT molecular complexity index is 506. The predicted octanol–water partition coefficient (Wildman–Crippen LogP) is 0.697. The van der Waals surface area contributed by atoms with Gasteiger partial charge in [-0.1, -0.05) is 0 Å². The molecule has 2 N–H and O–H groups in total. The van der Waals surface area contributed by atoms with Crippen LogP contribution in [-0.2, 0) is 21.4 Å². The van der Waals surface area contributed by atoms with Crippen LogP contribution >= 0.6 is 0 Å². The van der Waals surface area contributed by atoms with Crippen LogP contribution < -0.4 is 0 Å². The molecule has 0 radical (unpaired) electrons. The van der Waals surface area contributed by atoms with Crippen LogP contribution in [0.15, 0.2) is 17.2 Å². The fraction of sp³-hybridized carbons (Fsp3) is 0.667. The van der Waals surface area contributed by atoms with Crippen LogP contribution in [0, 0.1) is 0 Å². The van der Waals surface area contributed by atoms with Gasteiger partial charge in [-0.2, -0.15) is 4.31 Å². The Morgan fingerprint density at radius 3 is 2.89 bits per heavy atom. The molecule has 1 aliphatic rings. The van der Waals surface area contributed by atoms with Crippen molar-refractivity contribution in [1.82, 2.24) is 9.29 Å². The lowest BCUT2D eigenvalue weighted by Gasteiger charge is -2.26. The predicted molar refractivity (Wildman–Crippen MR) is 70.1 cm³/mol. The summed E-state index contributed by atoms with van der Waals surface area (Å²) in [5, 5.41) is 8.96. The van der Waals surface area contributed by atoms with E-state index in [2.05, 4.69) is 4.98 Å². The monoisotopic (exact) mass is 288 g/mol. The van der Waals surface area contributed by atoms with Crippen LogP contribution in [0.25, 0.3) is 0 Å². The molecule has 1 aliphatic heterocycles. The molecule has 2 heterocycles. The third-order valence-corrected chi connectivity index (χ3v) is 5.13. The Morgan fingerprint density at radius 1 is 1.53 bits per heavy atom. The molecular formula is C12H20N2O4S. The van der Waals surface area contributed by atoms with Gasteiger partial charge in [-0.15, -0.1) is 0 Å². The summed E-state index contributed by atoms with van der Waals surface area (Å²) in [4.78, 5) is 2.91. The standard InChI is InChI=1S/C12H20N2O4S/c1-14(8-11-4-2-3-5-18-11)19(16,17)12-6-10(9-15)13-7-12/h6-7,11,13,15H,2-5,8-9H2,1H3. The lowest BCUT2D eigenvalue weighted by atomic mass is 10.1. The molecule has 1 unspecified atom stereocenters. The minimum absolute atomic E-state index is 0.0234. The molecule has 0 saturated carbocycles. The molecule has 1 saturated heterocycles. The molecule has 0 aromatic carbocycles. The number of likely N-dealkylation sites (N-methyl/N-ethyl adjacent to an activating group) is 1. The van der Waals surface area contributed by atoms with Crippen molar-refractivity contribution in [2.45, 2.75) is 36.9 Å². The van der Waals surface area contributed by atoms with Crippen molar-refractivity contribution in [3.05, 3.63) is 18.0 Å². The molecule has 19 heavy (non-hydrogen) atoms. The first-order valence-electron chi connectivity index (χ1n) is 6.40. The molecule has 0 bridgehead atoms. The number of ether oxygens (including phenoxy) is 1. The topological polar surface area (TPSA) is 82.6 Å². The SMILES string of the molecule is CN(CC1CCCCO1)S(=O)(=O)c1c[nH]c(CO)c1. The molecule has 0 amide bonds. The van der Waals surface area contributed by atoms with Crippen LogP contribution in [0.5, 0.6) is 0 Å². The van der Waals surface area contributed by atoms with E-state index in [-0.39, 0.29) is 17.6 Å². The van der Waals surface area contributed by atoms with Gasteiger partial charge in [0.2, 0.25) is 10.0 Å². The van der Waals surface area contributed by atoms with E-state index < -0.39 is 10.0 Å². The van der Waals surface area contributed by atoms with E-state index in [1.807, 2.05) is 0 Å². The number of nitrogens with zero attached hydrogens (tertiary/aromatic N) is 1. The summed E-state index contributed by atoms with van der Waals surface area (Å²) in [6, 6.07) is 1.45. The second-order valence-electron chi connectivity index (χ2n) is 4.79. The molecule has 108 valence electrons. The second kappa shape index (κ2) is 6.04. The minimum Gasteiger partial charge on any atom is -0.390 e. The summed E-state index contributed by atoms with van der Waals surface area (Å²) in [5.41, 5.74) is 0.487. The van der Waals surface area contributed by atoms with Gasteiger partial charge in [-0.25, -0.2) is 8.42 Å². The zero-order valence-electron chi connectivity index (χ0n) is 11.0. The molecule has 6 nitrogen and oxygen atoms in total. The number of aliphatic hydroxyl groups excluding tert-OH is 1. The number of aromatic amines is 1. The minimum atomic E-state index is -3.52. The van der Waals surface area contributed by atoms with Crippen LogP contribution in [0.2, 0.25) is 0 Å². The Labute approximate surface area is 113 Å². The summed E-state index contributed by atoms with van der Waals surface area (Å²) in [6.45, 7) is 0.865. The highest BCUT2D eigenvalue weighted by atomic mass is 32.2. The van der Waals surface area contributed by atoms with Gasteiger partial charge >= 0.3 is 0 Å². The van der Waals surface area contributed by atoms with Gasteiger partial charge in [0.05, 0.1) is 17.6 Å². The zero-order chi connectivity index (χ0) is 13.9. The van der Waals surface area contributed by atoms with Gasteiger partial charge < -0.3 is 14.8 Å². The maximum atomic E-state index is 12.3. The summed E-state index contributed by atoms with van der Waals surface area (Å²) in [6.07, 6.45) is 4.40. The Morgan fingerprint density at radius 2 is 2.32 bits per heavy atom. The lowest BCUT2D eigenvalue weighted by molar-refractivity contribution is 0.00858. The second-order valence-corrected chi connectivity index (χ2v) is 6.84. The van der Waals surface area contributed by atoms with Gasteiger partial charge in [0.25, 0.3) is 0 Å². The number of rotatable bonds is 5. The number of hydrogen-bond acceptors (Lipinski definition) is 4. The van der Waals surface area contributed by atoms with Crippen molar-refractivity contribution >= 4 is 10.0 Å². The highest BCUT2D eigenvalue weighted by molar-refractivity contribution is 7.89. The molecule has 1 aromatic rings. The van der Waals surface area contributed by atoms with Crippen molar-refractivity contribution in [2.24, 2.45) is 0 Å². The first-order chi connectivity index (χ1) is 9.04. The van der Waals surface area contributed by atoms with E-state index in [0.29, 0.717) is 18.8 Å². The molecular weight excluding hydrogens is 268 g/mol. The maximum absolute atomic E-state index is 12.3. The van der Waals surface area contributed by atoms with E-state index in [4.69, 9.17) is 9.84 Å². The van der Waals surface area contributed by atoms with Gasteiger partial charge in [0, 0.05) is 32.1 Å². The molecule has 7 heteroatoms. The number of aliphatic hydroxyl groups is 1. The number of nitrogens with one attached hydrogen (secondary N) is 1. The number of sulfonamides is 1. The molecule has 1 fully saturated rings. The van der Waals surface area contributed by atoms with Crippen molar-refractivity contribution in [2.75, 3.05) is 20.2 Å². The van der Waals surface area contributed by atoms with Crippen molar-refractivity contribution in [3.63, 3.8) is 0 Å². The summed E-state index contributed by atoms with van der Waals surface area (Å²) in [5.74, 6) is 0. The Hall–Kier alpha value is -0.890. The van der Waals surface area contributed by atoms with Crippen LogP contribution in [0.1, 0.15) is 25.0 Å². The highest BCUT2D eigenvalue weighted by Gasteiger charge is 2.26. The molecule has 0 aliphatic carbocycles. The van der Waals surface area contributed by atoms with Gasteiger partial charge in [0.15, 0.2) is 0 Å². The average Bonchev–Trinajstić information content (AvgIpc) is 2.89. The van der Waals surface area contributed by atoms with E-state index in [1.54, 1.807) is 7.05 Å². The lowest BCUT2D eigenvalue weighted by Crippen LogP contribution is -2.37. The Kier molecular flexibility index (Phi) is 4.62. The van der Waals surface area contributed by atoms with Crippen molar-refractivity contribution in [1.29, 1.82) is 0 Å². The zero-order valence-corrected chi connectivity index (χ0v) is 11.8. The van der Waals surface area contributed by atoms with E-state index in [1.165, 1.54) is 16.6 Å². The molecule has 1 aromatic heterocycles. The fourth-order valence-corrected chi connectivity index (χ4v) is 3.40. The van der Waals surface area contributed by atoms with E-state index in [9.17, 15) is 8.42 Å². The number of H-pyrrole nitrogens is 1. The van der Waals surface area contributed by atoms with Crippen molar-refractivity contribution < 1.29 is 18.3 Å². The number of hydrogen-bond donors (Lipinski definition) is 2. The fourth-order valence-electron chi connectivity index (χ4n) is 2.18. The van der Waals surface area contributed by atoms with Crippen molar-refractivity contribution in [3.8, 4) is 0 Å². The van der Waals surface area contributed by atoms with E-state index in [0.717, 1.165) is 19.3 Å². The smallest absolute Gasteiger partial charge is 0.244 e.